The number of nitrogens with one attached hydrogen (secondary N) is 1. The normalized spacial score (nSPS) is 21.4. The Hall–Kier alpha value is -1.35. The van der Waals surface area contributed by atoms with Crippen LogP contribution in [0.5, 0.6) is 0 Å². The lowest BCUT2D eigenvalue weighted by molar-refractivity contribution is -0.122. The van der Waals surface area contributed by atoms with E-state index in [9.17, 15) is 4.79 Å². The lowest BCUT2D eigenvalue weighted by Crippen LogP contribution is -2.42. The maximum atomic E-state index is 12.0. The number of carbonyl (C=O) groups is 1. The first kappa shape index (κ1) is 16.0. The highest BCUT2D eigenvalue weighted by Crippen LogP contribution is 2.42. The van der Waals surface area contributed by atoms with Crippen molar-refractivity contribution in [3.05, 3.63) is 35.4 Å². The third-order valence-electron chi connectivity index (χ3n) is 4.71. The molecule has 0 spiro atoms. The SMILES string of the molecule is CCCC(N)C(=O)NCC1CCC(C)(C)c2ccccc21. The third-order valence-corrected chi connectivity index (χ3v) is 4.71. The van der Waals surface area contributed by atoms with Crippen molar-refractivity contribution < 1.29 is 4.79 Å². The molecule has 1 aliphatic carbocycles. The minimum Gasteiger partial charge on any atom is -0.354 e. The molecule has 1 amide bonds. The fraction of sp³-hybridized carbons (Fsp3) is 0.611. The van der Waals surface area contributed by atoms with E-state index < -0.39 is 0 Å². The van der Waals surface area contributed by atoms with Gasteiger partial charge in [0, 0.05) is 12.5 Å². The Bertz CT molecular complexity index is 496. The van der Waals surface area contributed by atoms with E-state index in [4.69, 9.17) is 5.73 Å². The average molecular weight is 288 g/mol. The van der Waals surface area contributed by atoms with Gasteiger partial charge in [0.05, 0.1) is 6.04 Å². The Labute approximate surface area is 128 Å². The maximum absolute atomic E-state index is 12.0. The number of rotatable bonds is 5. The fourth-order valence-electron chi connectivity index (χ4n) is 3.30. The third kappa shape index (κ3) is 3.65. The standard InChI is InChI=1S/C18H28N2O/c1-4-7-16(19)17(21)20-12-13-10-11-18(2,3)15-9-6-5-8-14(13)15/h5-6,8-9,13,16H,4,7,10-12,19H2,1-3H3,(H,20,21). The molecule has 3 N–H and O–H groups in total. The summed E-state index contributed by atoms with van der Waals surface area (Å²) in [6.07, 6.45) is 3.97. The predicted molar refractivity (Wildman–Crippen MR) is 87.3 cm³/mol. The van der Waals surface area contributed by atoms with E-state index in [1.165, 1.54) is 11.1 Å². The summed E-state index contributed by atoms with van der Waals surface area (Å²) in [7, 11) is 0. The molecule has 0 saturated heterocycles. The van der Waals surface area contributed by atoms with Crippen LogP contribution in [0, 0.1) is 0 Å². The quantitative estimate of drug-likeness (QED) is 0.875. The molecule has 2 atom stereocenters. The van der Waals surface area contributed by atoms with E-state index in [2.05, 4.69) is 43.4 Å². The van der Waals surface area contributed by atoms with Crippen LogP contribution >= 0.6 is 0 Å². The lowest BCUT2D eigenvalue weighted by Gasteiger charge is -2.37. The largest absolute Gasteiger partial charge is 0.354 e. The molecule has 1 aromatic rings. The average Bonchev–Trinajstić information content (AvgIpc) is 2.46. The van der Waals surface area contributed by atoms with Crippen molar-refractivity contribution in [1.82, 2.24) is 5.32 Å². The molecule has 2 unspecified atom stereocenters. The summed E-state index contributed by atoms with van der Waals surface area (Å²) in [6.45, 7) is 7.35. The predicted octanol–water partition coefficient (Wildman–Crippen LogP) is 3.09. The van der Waals surface area contributed by atoms with Crippen LogP contribution in [0.1, 0.15) is 63.5 Å². The number of benzene rings is 1. The van der Waals surface area contributed by atoms with Crippen LogP contribution in [0.3, 0.4) is 0 Å². The van der Waals surface area contributed by atoms with Gasteiger partial charge in [0.25, 0.3) is 0 Å². The van der Waals surface area contributed by atoms with Gasteiger partial charge in [-0.2, -0.15) is 0 Å². The molecule has 3 heteroatoms. The molecule has 0 saturated carbocycles. The van der Waals surface area contributed by atoms with Crippen molar-refractivity contribution in [2.45, 2.75) is 63.8 Å². The van der Waals surface area contributed by atoms with Crippen LogP contribution < -0.4 is 11.1 Å². The summed E-state index contributed by atoms with van der Waals surface area (Å²) < 4.78 is 0. The highest BCUT2D eigenvalue weighted by molar-refractivity contribution is 5.81. The van der Waals surface area contributed by atoms with E-state index in [-0.39, 0.29) is 17.4 Å². The maximum Gasteiger partial charge on any atom is 0.236 e. The summed E-state index contributed by atoms with van der Waals surface area (Å²) in [4.78, 5) is 12.0. The van der Waals surface area contributed by atoms with Crippen molar-refractivity contribution >= 4 is 5.91 Å². The van der Waals surface area contributed by atoms with Gasteiger partial charge >= 0.3 is 0 Å². The van der Waals surface area contributed by atoms with Gasteiger partial charge in [0.1, 0.15) is 0 Å². The zero-order valence-corrected chi connectivity index (χ0v) is 13.5. The first-order valence-corrected chi connectivity index (χ1v) is 8.08. The van der Waals surface area contributed by atoms with E-state index in [0.717, 1.165) is 25.7 Å². The van der Waals surface area contributed by atoms with Gasteiger partial charge in [0.15, 0.2) is 0 Å². The van der Waals surface area contributed by atoms with Crippen LogP contribution in [0.4, 0.5) is 0 Å². The molecular weight excluding hydrogens is 260 g/mol. The van der Waals surface area contributed by atoms with Crippen LogP contribution in [-0.2, 0) is 10.2 Å². The summed E-state index contributed by atoms with van der Waals surface area (Å²) in [5.41, 5.74) is 8.91. The number of carbonyl (C=O) groups excluding carboxylic acids is 1. The molecule has 21 heavy (non-hydrogen) atoms. The van der Waals surface area contributed by atoms with Gasteiger partial charge in [-0.3, -0.25) is 4.79 Å². The number of fused-ring (bicyclic) bond motifs is 1. The molecule has 0 heterocycles. The molecule has 0 radical (unpaired) electrons. The second-order valence-electron chi connectivity index (χ2n) is 6.85. The highest BCUT2D eigenvalue weighted by Gasteiger charge is 2.32. The van der Waals surface area contributed by atoms with Crippen LogP contribution in [-0.4, -0.2) is 18.5 Å². The minimum atomic E-state index is -0.370. The van der Waals surface area contributed by atoms with Crippen molar-refractivity contribution in [2.24, 2.45) is 5.73 Å². The summed E-state index contributed by atoms with van der Waals surface area (Å²) in [5.74, 6) is 0.395. The Balaban J connectivity index is 2.04. The Morgan fingerprint density at radius 2 is 2.14 bits per heavy atom. The highest BCUT2D eigenvalue weighted by atomic mass is 16.2. The van der Waals surface area contributed by atoms with E-state index >= 15 is 0 Å². The molecule has 1 aromatic carbocycles. The van der Waals surface area contributed by atoms with Crippen molar-refractivity contribution in [3.63, 3.8) is 0 Å². The van der Waals surface area contributed by atoms with Crippen LogP contribution in [0.2, 0.25) is 0 Å². The van der Waals surface area contributed by atoms with Crippen LogP contribution in [0.25, 0.3) is 0 Å². The minimum absolute atomic E-state index is 0.0147. The molecular formula is C18H28N2O. The summed E-state index contributed by atoms with van der Waals surface area (Å²) in [5, 5.41) is 3.04. The molecule has 3 nitrogen and oxygen atoms in total. The summed E-state index contributed by atoms with van der Waals surface area (Å²) >= 11 is 0. The number of hydrogen-bond donors (Lipinski definition) is 2. The molecule has 1 aliphatic rings. The fourth-order valence-corrected chi connectivity index (χ4v) is 3.30. The lowest BCUT2D eigenvalue weighted by atomic mass is 9.69. The topological polar surface area (TPSA) is 55.1 Å². The molecule has 116 valence electrons. The van der Waals surface area contributed by atoms with Crippen molar-refractivity contribution in [3.8, 4) is 0 Å². The second kappa shape index (κ2) is 6.61. The number of amides is 1. The van der Waals surface area contributed by atoms with E-state index in [0.29, 0.717) is 12.5 Å². The van der Waals surface area contributed by atoms with Gasteiger partial charge < -0.3 is 11.1 Å². The summed E-state index contributed by atoms with van der Waals surface area (Å²) in [6, 6.07) is 8.27. The zero-order chi connectivity index (χ0) is 15.5. The van der Waals surface area contributed by atoms with Gasteiger partial charge in [-0.25, -0.2) is 0 Å². The number of nitrogens with two attached hydrogens (primary N) is 1. The monoisotopic (exact) mass is 288 g/mol. The van der Waals surface area contributed by atoms with Crippen molar-refractivity contribution in [1.29, 1.82) is 0 Å². The van der Waals surface area contributed by atoms with Gasteiger partial charge in [-0.15, -0.1) is 0 Å². The number of hydrogen-bond acceptors (Lipinski definition) is 2. The second-order valence-corrected chi connectivity index (χ2v) is 6.85. The molecule has 0 aromatic heterocycles. The smallest absolute Gasteiger partial charge is 0.236 e. The van der Waals surface area contributed by atoms with E-state index in [1.54, 1.807) is 0 Å². The molecule has 0 fully saturated rings. The first-order valence-electron chi connectivity index (χ1n) is 8.08. The van der Waals surface area contributed by atoms with E-state index in [1.807, 2.05) is 6.92 Å². The van der Waals surface area contributed by atoms with Crippen molar-refractivity contribution in [2.75, 3.05) is 6.54 Å². The Kier molecular flexibility index (Phi) is 5.04. The van der Waals surface area contributed by atoms with Gasteiger partial charge in [0.2, 0.25) is 5.91 Å². The molecule has 2 rings (SSSR count). The molecule has 0 bridgehead atoms. The Morgan fingerprint density at radius 3 is 2.86 bits per heavy atom. The van der Waals surface area contributed by atoms with Gasteiger partial charge in [-0.1, -0.05) is 51.5 Å². The zero-order valence-electron chi connectivity index (χ0n) is 13.5. The Morgan fingerprint density at radius 1 is 1.43 bits per heavy atom. The van der Waals surface area contributed by atoms with Crippen LogP contribution in [0.15, 0.2) is 24.3 Å². The first-order chi connectivity index (χ1) is 9.95. The molecule has 0 aliphatic heterocycles. The van der Waals surface area contributed by atoms with Gasteiger partial charge in [-0.05, 0) is 35.8 Å².